The Hall–Kier alpha value is -1.97. The van der Waals surface area contributed by atoms with Crippen molar-refractivity contribution in [1.82, 2.24) is 4.72 Å². The Morgan fingerprint density at radius 2 is 1.56 bits per heavy atom. The predicted molar refractivity (Wildman–Crippen MR) is 95.7 cm³/mol. The lowest BCUT2D eigenvalue weighted by atomic mass is 10.2. The van der Waals surface area contributed by atoms with Gasteiger partial charge >= 0.3 is 0 Å². The van der Waals surface area contributed by atoms with E-state index in [2.05, 4.69) is 4.72 Å². The third-order valence-corrected chi connectivity index (χ3v) is 6.61. The van der Waals surface area contributed by atoms with Crippen LogP contribution in [0.25, 0.3) is 0 Å². The Bertz CT molecular complexity index is 899. The summed E-state index contributed by atoms with van der Waals surface area (Å²) in [7, 11) is -5.96. The number of anilines is 1. The van der Waals surface area contributed by atoms with E-state index in [0.717, 1.165) is 4.31 Å². The van der Waals surface area contributed by atoms with E-state index in [1.807, 2.05) is 0 Å². The van der Waals surface area contributed by atoms with Crippen LogP contribution in [0.1, 0.15) is 5.56 Å². The molecule has 0 aliphatic rings. The van der Waals surface area contributed by atoms with E-state index in [1.165, 1.54) is 31.3 Å². The minimum absolute atomic E-state index is 0.247. The van der Waals surface area contributed by atoms with Crippen molar-refractivity contribution in [3.05, 3.63) is 66.0 Å². The van der Waals surface area contributed by atoms with Crippen LogP contribution in [0, 0.1) is 5.82 Å². The summed E-state index contributed by atoms with van der Waals surface area (Å²) in [5.74, 6) is -1.17. The molecule has 25 heavy (non-hydrogen) atoms. The highest BCUT2D eigenvalue weighted by atomic mass is 32.2. The SMILES string of the molecule is CN(c1ccccc1)S(=O)(=O)CCNS(=O)(=O)Cc1ccc(F)cc1. The van der Waals surface area contributed by atoms with Gasteiger partial charge in [-0.25, -0.2) is 25.9 Å². The number of nitrogens with zero attached hydrogens (tertiary/aromatic N) is 1. The Kier molecular flexibility index (Phi) is 6.15. The second-order valence-electron chi connectivity index (χ2n) is 5.40. The van der Waals surface area contributed by atoms with Crippen molar-refractivity contribution < 1.29 is 21.2 Å². The zero-order valence-corrected chi connectivity index (χ0v) is 15.2. The van der Waals surface area contributed by atoms with E-state index in [0.29, 0.717) is 11.3 Å². The number of hydrogen-bond donors (Lipinski definition) is 1. The molecule has 0 spiro atoms. The normalized spacial score (nSPS) is 12.1. The van der Waals surface area contributed by atoms with Gasteiger partial charge < -0.3 is 0 Å². The minimum Gasteiger partial charge on any atom is -0.273 e. The van der Waals surface area contributed by atoms with Crippen LogP contribution >= 0.6 is 0 Å². The maximum atomic E-state index is 12.8. The molecule has 6 nitrogen and oxygen atoms in total. The second-order valence-corrected chi connectivity index (χ2v) is 9.33. The van der Waals surface area contributed by atoms with Crippen LogP contribution in [0.2, 0.25) is 0 Å². The molecule has 0 atom stereocenters. The number of para-hydroxylation sites is 1. The predicted octanol–water partition coefficient (Wildman–Crippen LogP) is 1.71. The van der Waals surface area contributed by atoms with Crippen molar-refractivity contribution in [2.75, 3.05) is 23.7 Å². The smallest absolute Gasteiger partial charge is 0.236 e. The molecule has 0 saturated heterocycles. The molecule has 0 heterocycles. The summed E-state index contributed by atoms with van der Waals surface area (Å²) in [5, 5.41) is 0. The molecule has 0 aromatic heterocycles. The Morgan fingerprint density at radius 3 is 2.16 bits per heavy atom. The molecule has 1 N–H and O–H groups in total. The number of nitrogens with one attached hydrogen (secondary N) is 1. The standard InChI is InChI=1S/C16H19FN2O4S2/c1-19(16-5-3-2-4-6-16)25(22,23)12-11-18-24(20,21)13-14-7-9-15(17)10-8-14/h2-10,18H,11-13H2,1H3. The highest BCUT2D eigenvalue weighted by molar-refractivity contribution is 7.92. The first kappa shape index (κ1) is 19.4. The molecule has 2 aromatic rings. The average Bonchev–Trinajstić information content (AvgIpc) is 2.56. The van der Waals surface area contributed by atoms with Crippen LogP contribution in [0.5, 0.6) is 0 Å². The molecule has 0 aliphatic heterocycles. The first-order valence-electron chi connectivity index (χ1n) is 7.43. The van der Waals surface area contributed by atoms with Crippen LogP contribution in [0.3, 0.4) is 0 Å². The van der Waals surface area contributed by atoms with Gasteiger partial charge in [-0.2, -0.15) is 0 Å². The van der Waals surface area contributed by atoms with E-state index >= 15 is 0 Å². The van der Waals surface area contributed by atoms with Gasteiger partial charge in [-0.05, 0) is 29.8 Å². The molecule has 0 bridgehead atoms. The lowest BCUT2D eigenvalue weighted by molar-refractivity contribution is 0.579. The van der Waals surface area contributed by atoms with Gasteiger partial charge in [0.1, 0.15) is 5.82 Å². The molecule has 0 amide bonds. The maximum absolute atomic E-state index is 12.8. The topological polar surface area (TPSA) is 83.6 Å². The highest BCUT2D eigenvalue weighted by Gasteiger charge is 2.19. The number of halogens is 1. The van der Waals surface area contributed by atoms with E-state index in [-0.39, 0.29) is 18.1 Å². The molecule has 9 heteroatoms. The number of sulfonamides is 2. The number of benzene rings is 2. The minimum atomic E-state index is -3.72. The lowest BCUT2D eigenvalue weighted by Gasteiger charge is -2.19. The third kappa shape index (κ3) is 5.80. The van der Waals surface area contributed by atoms with E-state index in [1.54, 1.807) is 30.3 Å². The van der Waals surface area contributed by atoms with Gasteiger partial charge in [-0.3, -0.25) is 4.31 Å². The van der Waals surface area contributed by atoms with Crippen LogP contribution in [0.4, 0.5) is 10.1 Å². The van der Waals surface area contributed by atoms with Gasteiger partial charge in [0.2, 0.25) is 20.0 Å². The maximum Gasteiger partial charge on any atom is 0.236 e. The molecule has 0 aliphatic carbocycles. The fraction of sp³-hybridized carbons (Fsp3) is 0.250. The fourth-order valence-corrected chi connectivity index (χ4v) is 4.47. The van der Waals surface area contributed by atoms with Gasteiger partial charge in [0, 0.05) is 13.6 Å². The Labute approximate surface area is 147 Å². The first-order chi connectivity index (χ1) is 11.7. The second kappa shape index (κ2) is 7.94. The van der Waals surface area contributed by atoms with Gasteiger partial charge in [0.05, 0.1) is 17.2 Å². The summed E-state index contributed by atoms with van der Waals surface area (Å²) in [6.07, 6.45) is 0. The first-order valence-corrected chi connectivity index (χ1v) is 10.7. The van der Waals surface area contributed by atoms with Crippen molar-refractivity contribution in [3.63, 3.8) is 0 Å². The van der Waals surface area contributed by atoms with Crippen molar-refractivity contribution in [1.29, 1.82) is 0 Å². The van der Waals surface area contributed by atoms with E-state index < -0.39 is 25.9 Å². The van der Waals surface area contributed by atoms with Crippen LogP contribution in [-0.2, 0) is 25.8 Å². The lowest BCUT2D eigenvalue weighted by Crippen LogP contribution is -2.36. The van der Waals surface area contributed by atoms with Gasteiger partial charge in [0.15, 0.2) is 0 Å². The molecule has 2 aromatic carbocycles. The zero-order chi connectivity index (χ0) is 18.5. The van der Waals surface area contributed by atoms with Gasteiger partial charge in [-0.15, -0.1) is 0 Å². The van der Waals surface area contributed by atoms with Crippen molar-refractivity contribution >= 4 is 25.7 Å². The summed E-state index contributed by atoms with van der Waals surface area (Å²) in [5.41, 5.74) is 0.912. The van der Waals surface area contributed by atoms with Crippen molar-refractivity contribution in [2.24, 2.45) is 0 Å². The van der Waals surface area contributed by atoms with Crippen LogP contribution in [-0.4, -0.2) is 36.2 Å². The fourth-order valence-electron chi connectivity index (χ4n) is 2.11. The summed E-state index contributed by atoms with van der Waals surface area (Å²) < 4.78 is 64.7. The summed E-state index contributed by atoms with van der Waals surface area (Å²) in [6, 6.07) is 13.6. The van der Waals surface area contributed by atoms with Crippen molar-refractivity contribution in [3.8, 4) is 0 Å². The molecule has 0 unspecified atom stereocenters. The zero-order valence-electron chi connectivity index (χ0n) is 13.6. The average molecular weight is 386 g/mol. The molecule has 136 valence electrons. The molecule has 0 fully saturated rings. The quantitative estimate of drug-likeness (QED) is 0.749. The van der Waals surface area contributed by atoms with Crippen molar-refractivity contribution in [2.45, 2.75) is 5.75 Å². The Balaban J connectivity index is 1.93. The third-order valence-electron chi connectivity index (χ3n) is 3.49. The van der Waals surface area contributed by atoms with Gasteiger partial charge in [0.25, 0.3) is 0 Å². The summed E-state index contributed by atoms with van der Waals surface area (Å²) in [6.45, 7) is -0.247. The number of hydrogen-bond acceptors (Lipinski definition) is 4. The monoisotopic (exact) mass is 386 g/mol. The molecule has 0 radical (unpaired) electrons. The number of rotatable bonds is 8. The molecular formula is C16H19FN2O4S2. The summed E-state index contributed by atoms with van der Waals surface area (Å²) in [4.78, 5) is 0. The summed E-state index contributed by atoms with van der Waals surface area (Å²) >= 11 is 0. The van der Waals surface area contributed by atoms with E-state index in [9.17, 15) is 21.2 Å². The molecule has 2 rings (SSSR count). The van der Waals surface area contributed by atoms with E-state index in [4.69, 9.17) is 0 Å². The van der Waals surface area contributed by atoms with Gasteiger partial charge in [-0.1, -0.05) is 30.3 Å². The molecule has 0 saturated carbocycles. The largest absolute Gasteiger partial charge is 0.273 e. The molecular weight excluding hydrogens is 367 g/mol. The Morgan fingerprint density at radius 1 is 0.960 bits per heavy atom. The van der Waals surface area contributed by atoms with Crippen LogP contribution in [0.15, 0.2) is 54.6 Å². The highest BCUT2D eigenvalue weighted by Crippen LogP contribution is 2.15. The van der Waals surface area contributed by atoms with Crippen LogP contribution < -0.4 is 9.03 Å².